The van der Waals surface area contributed by atoms with Crippen molar-refractivity contribution < 1.29 is 17.6 Å². The molecule has 0 amide bonds. The summed E-state index contributed by atoms with van der Waals surface area (Å²) in [6.07, 6.45) is 6.29. The summed E-state index contributed by atoms with van der Waals surface area (Å²) in [5.41, 5.74) is 3.96. The molecule has 0 spiro atoms. The number of methoxy groups -OCH3 is 1. The van der Waals surface area contributed by atoms with Crippen molar-refractivity contribution in [3.8, 4) is 17.2 Å². The summed E-state index contributed by atoms with van der Waals surface area (Å²) in [4.78, 5) is 4.77. The number of oxazole rings is 1. The number of sulfonamides is 1. The molecule has 1 aliphatic carbocycles. The van der Waals surface area contributed by atoms with E-state index in [-0.39, 0.29) is 6.54 Å². The van der Waals surface area contributed by atoms with E-state index in [9.17, 15) is 8.42 Å². The van der Waals surface area contributed by atoms with Crippen LogP contribution >= 0.6 is 0 Å². The van der Waals surface area contributed by atoms with Gasteiger partial charge in [-0.2, -0.15) is 0 Å². The van der Waals surface area contributed by atoms with Crippen LogP contribution in [0.2, 0.25) is 0 Å². The Bertz CT molecular complexity index is 1090. The lowest BCUT2D eigenvalue weighted by Gasteiger charge is -2.16. The molecule has 152 valence electrons. The molecule has 1 heterocycles. The second-order valence-electron chi connectivity index (χ2n) is 7.16. The highest BCUT2D eigenvalue weighted by molar-refractivity contribution is 7.89. The number of ether oxygens (including phenoxy) is 1. The fourth-order valence-corrected chi connectivity index (χ4v) is 4.64. The normalized spacial score (nSPS) is 13.8. The van der Waals surface area contributed by atoms with Gasteiger partial charge in [-0.25, -0.2) is 18.1 Å². The summed E-state index contributed by atoms with van der Waals surface area (Å²) in [7, 11) is -1.92. The van der Waals surface area contributed by atoms with Crippen LogP contribution in [-0.2, 0) is 29.3 Å². The van der Waals surface area contributed by atoms with Crippen LogP contribution in [0.1, 0.15) is 29.7 Å². The average molecular weight is 413 g/mol. The van der Waals surface area contributed by atoms with E-state index in [1.54, 1.807) is 19.4 Å². The molecule has 1 aliphatic rings. The Labute approximate surface area is 171 Å². The van der Waals surface area contributed by atoms with E-state index in [1.807, 2.05) is 36.4 Å². The van der Waals surface area contributed by atoms with E-state index in [1.165, 1.54) is 12.0 Å². The van der Waals surface area contributed by atoms with Crippen LogP contribution in [-0.4, -0.2) is 27.1 Å². The zero-order valence-electron chi connectivity index (χ0n) is 16.3. The van der Waals surface area contributed by atoms with Gasteiger partial charge in [0.2, 0.25) is 15.9 Å². The van der Waals surface area contributed by atoms with E-state index in [2.05, 4.69) is 9.71 Å². The minimum atomic E-state index is -3.54. The van der Waals surface area contributed by atoms with Crippen LogP contribution in [0.4, 0.5) is 0 Å². The van der Waals surface area contributed by atoms with Crippen molar-refractivity contribution in [1.29, 1.82) is 0 Å². The first kappa shape index (κ1) is 19.7. The lowest BCUT2D eigenvalue weighted by atomic mass is 9.92. The molecule has 0 saturated heterocycles. The van der Waals surface area contributed by atoms with Gasteiger partial charge in [-0.05, 0) is 73.2 Å². The third kappa shape index (κ3) is 4.52. The van der Waals surface area contributed by atoms with Gasteiger partial charge in [-0.15, -0.1) is 0 Å². The van der Waals surface area contributed by atoms with Gasteiger partial charge in [0.25, 0.3) is 0 Å². The van der Waals surface area contributed by atoms with Gasteiger partial charge in [0.15, 0.2) is 0 Å². The Morgan fingerprint density at radius 1 is 1.07 bits per heavy atom. The zero-order valence-corrected chi connectivity index (χ0v) is 17.2. The predicted molar refractivity (Wildman–Crippen MR) is 110 cm³/mol. The van der Waals surface area contributed by atoms with Crippen LogP contribution in [0, 0.1) is 0 Å². The molecule has 2 aromatic carbocycles. The summed E-state index contributed by atoms with van der Waals surface area (Å²) in [6.45, 7) is 0.258. The van der Waals surface area contributed by atoms with Gasteiger partial charge in [0.1, 0.15) is 12.0 Å². The van der Waals surface area contributed by atoms with E-state index in [4.69, 9.17) is 9.15 Å². The predicted octanol–water partition coefficient (Wildman–Crippen LogP) is 3.75. The molecular weight excluding hydrogens is 388 g/mol. The van der Waals surface area contributed by atoms with Gasteiger partial charge in [-0.1, -0.05) is 6.07 Å². The fraction of sp³-hybridized carbons (Fsp3) is 0.318. The molecule has 0 radical (unpaired) electrons. The second kappa shape index (κ2) is 8.39. The van der Waals surface area contributed by atoms with Crippen LogP contribution in [0.5, 0.6) is 5.75 Å². The number of benzene rings is 2. The average Bonchev–Trinajstić information content (AvgIpc) is 3.22. The Kier molecular flexibility index (Phi) is 5.69. The van der Waals surface area contributed by atoms with Crippen LogP contribution in [0.25, 0.3) is 11.5 Å². The highest BCUT2D eigenvalue weighted by Crippen LogP contribution is 2.24. The van der Waals surface area contributed by atoms with Crippen molar-refractivity contribution in [1.82, 2.24) is 9.71 Å². The van der Waals surface area contributed by atoms with Crippen LogP contribution in [0.15, 0.2) is 58.0 Å². The molecule has 6 nitrogen and oxygen atoms in total. The molecule has 0 atom stereocenters. The third-order valence-corrected chi connectivity index (χ3v) is 6.65. The molecule has 0 fully saturated rings. The van der Waals surface area contributed by atoms with Crippen LogP contribution < -0.4 is 9.46 Å². The monoisotopic (exact) mass is 412 g/mol. The summed E-state index contributed by atoms with van der Waals surface area (Å²) < 4.78 is 38.6. The maximum absolute atomic E-state index is 12.6. The third-order valence-electron chi connectivity index (χ3n) is 5.19. The molecule has 0 unspecified atom stereocenters. The maximum atomic E-state index is 12.6. The smallest absolute Gasteiger partial charge is 0.240 e. The molecule has 0 bridgehead atoms. The highest BCUT2D eigenvalue weighted by atomic mass is 32.2. The minimum Gasteiger partial charge on any atom is -0.497 e. The molecule has 3 aromatic rings. The summed E-state index contributed by atoms with van der Waals surface area (Å²) >= 11 is 0. The van der Waals surface area contributed by atoms with Crippen molar-refractivity contribution >= 4 is 10.0 Å². The van der Waals surface area contributed by atoms with Crippen molar-refractivity contribution in [2.24, 2.45) is 0 Å². The quantitative estimate of drug-likeness (QED) is 0.639. The number of hydrogen-bond acceptors (Lipinski definition) is 5. The van der Waals surface area contributed by atoms with Crippen molar-refractivity contribution in [3.63, 3.8) is 0 Å². The lowest BCUT2D eigenvalue weighted by Crippen LogP contribution is -2.26. The summed E-state index contributed by atoms with van der Waals surface area (Å²) in [5.74, 6) is 1.26. The molecule has 0 aliphatic heterocycles. The number of hydrogen-bond donors (Lipinski definition) is 1. The highest BCUT2D eigenvalue weighted by Gasteiger charge is 2.17. The molecule has 7 heteroatoms. The topological polar surface area (TPSA) is 81.4 Å². The van der Waals surface area contributed by atoms with Gasteiger partial charge < -0.3 is 9.15 Å². The van der Waals surface area contributed by atoms with Crippen molar-refractivity contribution in [3.05, 3.63) is 65.5 Å². The number of rotatable bonds is 7. The number of fused-ring (bicyclic) bond motifs is 1. The lowest BCUT2D eigenvalue weighted by molar-refractivity contribution is 0.415. The van der Waals surface area contributed by atoms with Crippen molar-refractivity contribution in [2.45, 2.75) is 37.0 Å². The van der Waals surface area contributed by atoms with Crippen LogP contribution in [0.3, 0.4) is 0 Å². The Morgan fingerprint density at radius 3 is 2.59 bits per heavy atom. The van der Waals surface area contributed by atoms with E-state index >= 15 is 0 Å². The Hall–Kier alpha value is -2.64. The van der Waals surface area contributed by atoms with Gasteiger partial charge in [-0.3, -0.25) is 0 Å². The zero-order chi connectivity index (χ0) is 20.3. The molecule has 0 saturated carbocycles. The van der Waals surface area contributed by atoms with Gasteiger partial charge in [0.05, 0.1) is 17.7 Å². The standard InChI is InChI=1S/C22H24N2O4S/c1-27-20-9-6-17(7-10-20)22-24-19(15-28-22)12-13-23-29(25,26)21-11-8-16-4-2-3-5-18(16)14-21/h6-11,14-15,23H,2-5,12-13H2,1H3. The SMILES string of the molecule is COc1ccc(-c2nc(CCNS(=O)(=O)c3ccc4c(c3)CCCC4)co2)cc1. The number of nitrogens with zero attached hydrogens (tertiary/aromatic N) is 1. The number of aryl methyl sites for hydroxylation is 2. The molecule has 1 aromatic heterocycles. The number of aromatic nitrogens is 1. The Balaban J connectivity index is 1.37. The van der Waals surface area contributed by atoms with E-state index in [0.717, 1.165) is 36.1 Å². The first-order chi connectivity index (χ1) is 14.0. The molecule has 29 heavy (non-hydrogen) atoms. The van der Waals surface area contributed by atoms with Gasteiger partial charge >= 0.3 is 0 Å². The Morgan fingerprint density at radius 2 is 1.83 bits per heavy atom. The van der Waals surface area contributed by atoms with Crippen molar-refractivity contribution in [2.75, 3.05) is 13.7 Å². The first-order valence-electron chi connectivity index (χ1n) is 9.75. The molecule has 4 rings (SSSR count). The van der Waals surface area contributed by atoms with Gasteiger partial charge in [0, 0.05) is 18.5 Å². The molecule has 1 N–H and O–H groups in total. The fourth-order valence-electron chi connectivity index (χ4n) is 3.56. The first-order valence-corrected chi connectivity index (χ1v) is 11.2. The number of nitrogens with one attached hydrogen (secondary N) is 1. The summed E-state index contributed by atoms with van der Waals surface area (Å²) in [6, 6.07) is 12.9. The largest absolute Gasteiger partial charge is 0.497 e. The van der Waals surface area contributed by atoms with E-state index < -0.39 is 10.0 Å². The minimum absolute atomic E-state index is 0.258. The molecular formula is C22H24N2O4S. The van der Waals surface area contributed by atoms with E-state index in [0.29, 0.717) is 22.9 Å². The summed E-state index contributed by atoms with van der Waals surface area (Å²) in [5, 5.41) is 0. The second-order valence-corrected chi connectivity index (χ2v) is 8.92. The maximum Gasteiger partial charge on any atom is 0.240 e.